The number of rotatable bonds is 7. The Bertz CT molecular complexity index is 1020. The third kappa shape index (κ3) is 5.84. The largest absolute Gasteiger partial charge is 0.455 e. The van der Waals surface area contributed by atoms with Crippen molar-refractivity contribution in [2.24, 2.45) is 0 Å². The normalized spacial score (nSPS) is 10.3. The Morgan fingerprint density at radius 3 is 2.28 bits per heavy atom. The number of halogens is 2. The van der Waals surface area contributed by atoms with Crippen molar-refractivity contribution in [1.29, 1.82) is 0 Å². The maximum Gasteiger partial charge on any atom is 0.269 e. The number of nitro benzene ring substituents is 1. The summed E-state index contributed by atoms with van der Waals surface area (Å²) in [5, 5.41) is 17.4. The third-order valence-corrected chi connectivity index (χ3v) is 4.27. The van der Waals surface area contributed by atoms with Gasteiger partial charge in [-0.1, -0.05) is 23.2 Å². The average molecular weight is 432 g/mol. The average Bonchev–Trinajstić information content (AvgIpc) is 2.70. The van der Waals surface area contributed by atoms with Gasteiger partial charge in [0, 0.05) is 27.9 Å². The third-order valence-electron chi connectivity index (χ3n) is 3.78. The Balaban J connectivity index is 1.64. The summed E-state index contributed by atoms with van der Waals surface area (Å²) in [6, 6.07) is 17.4. The van der Waals surface area contributed by atoms with Crippen molar-refractivity contribution in [3.05, 3.63) is 86.9 Å². The molecule has 0 aliphatic rings. The highest BCUT2D eigenvalue weighted by Crippen LogP contribution is 2.32. The Labute approximate surface area is 176 Å². The van der Waals surface area contributed by atoms with Crippen LogP contribution in [0.15, 0.2) is 66.7 Å². The van der Waals surface area contributed by atoms with Gasteiger partial charge in [-0.15, -0.1) is 0 Å². The van der Waals surface area contributed by atoms with Gasteiger partial charge in [0.1, 0.15) is 5.75 Å². The lowest BCUT2D eigenvalue weighted by Crippen LogP contribution is -2.21. The summed E-state index contributed by atoms with van der Waals surface area (Å²) in [6.07, 6.45) is 0. The first-order valence-corrected chi connectivity index (χ1v) is 9.17. The number of carbonyl (C=O) groups is 1. The van der Waals surface area contributed by atoms with Crippen molar-refractivity contribution in [2.75, 3.05) is 17.2 Å². The Hall–Kier alpha value is -3.29. The van der Waals surface area contributed by atoms with Crippen LogP contribution in [-0.2, 0) is 4.79 Å². The first-order valence-electron chi connectivity index (χ1n) is 8.42. The number of nitrogens with one attached hydrogen (secondary N) is 2. The maximum absolute atomic E-state index is 12.2. The molecule has 0 bridgehead atoms. The number of hydrogen-bond acceptors (Lipinski definition) is 5. The van der Waals surface area contributed by atoms with Crippen LogP contribution in [0.4, 0.5) is 17.1 Å². The van der Waals surface area contributed by atoms with Crippen molar-refractivity contribution in [3.63, 3.8) is 0 Å². The van der Waals surface area contributed by atoms with E-state index in [0.29, 0.717) is 32.9 Å². The molecule has 7 nitrogen and oxygen atoms in total. The number of benzene rings is 3. The number of nitro groups is 1. The molecular weight excluding hydrogens is 417 g/mol. The molecule has 9 heteroatoms. The highest BCUT2D eigenvalue weighted by molar-refractivity contribution is 6.31. The molecule has 0 atom stereocenters. The number of anilines is 2. The van der Waals surface area contributed by atoms with E-state index in [1.54, 1.807) is 42.5 Å². The van der Waals surface area contributed by atoms with Gasteiger partial charge in [0.05, 0.1) is 17.2 Å². The molecule has 0 fully saturated rings. The SMILES string of the molecule is O=C(CNc1cc(Cl)ccc1Oc1ccc(Cl)cc1)Nc1ccc([N+](=O)[O-])cc1. The topological polar surface area (TPSA) is 93.5 Å². The second kappa shape index (κ2) is 9.27. The van der Waals surface area contributed by atoms with E-state index in [1.165, 1.54) is 24.3 Å². The second-order valence-electron chi connectivity index (χ2n) is 5.90. The molecule has 3 rings (SSSR count). The molecule has 0 radical (unpaired) electrons. The number of non-ortho nitro benzene ring substituents is 1. The summed E-state index contributed by atoms with van der Waals surface area (Å²) in [6.45, 7) is -0.0612. The highest BCUT2D eigenvalue weighted by Gasteiger charge is 2.10. The van der Waals surface area contributed by atoms with Crippen molar-refractivity contribution < 1.29 is 14.5 Å². The van der Waals surface area contributed by atoms with E-state index in [9.17, 15) is 14.9 Å². The van der Waals surface area contributed by atoms with Crippen LogP contribution in [-0.4, -0.2) is 17.4 Å². The fourth-order valence-corrected chi connectivity index (χ4v) is 2.70. The first kappa shape index (κ1) is 20.4. The van der Waals surface area contributed by atoms with Crippen LogP contribution in [0.5, 0.6) is 11.5 Å². The summed E-state index contributed by atoms with van der Waals surface area (Å²) < 4.78 is 5.83. The zero-order valence-corrected chi connectivity index (χ0v) is 16.4. The number of nitrogens with zero attached hydrogens (tertiary/aromatic N) is 1. The van der Waals surface area contributed by atoms with E-state index in [0.717, 1.165) is 0 Å². The van der Waals surface area contributed by atoms with Gasteiger partial charge in [0.15, 0.2) is 5.75 Å². The number of hydrogen-bond donors (Lipinski definition) is 2. The van der Waals surface area contributed by atoms with Gasteiger partial charge in [-0.2, -0.15) is 0 Å². The first-order chi connectivity index (χ1) is 13.9. The molecule has 0 spiro atoms. The molecule has 0 heterocycles. The minimum atomic E-state index is -0.505. The van der Waals surface area contributed by atoms with Crippen LogP contribution in [0, 0.1) is 10.1 Å². The Morgan fingerprint density at radius 1 is 0.966 bits per heavy atom. The number of ether oxygens (including phenoxy) is 1. The monoisotopic (exact) mass is 431 g/mol. The molecule has 0 saturated carbocycles. The Morgan fingerprint density at radius 2 is 1.62 bits per heavy atom. The molecule has 0 unspecified atom stereocenters. The molecule has 3 aromatic rings. The summed E-state index contributed by atoms with van der Waals surface area (Å²) >= 11 is 11.9. The van der Waals surface area contributed by atoms with Crippen LogP contribution < -0.4 is 15.4 Å². The van der Waals surface area contributed by atoms with Crippen molar-refractivity contribution >= 4 is 46.2 Å². The lowest BCUT2D eigenvalue weighted by molar-refractivity contribution is -0.384. The molecule has 0 aliphatic carbocycles. The zero-order valence-electron chi connectivity index (χ0n) is 14.9. The molecule has 0 aromatic heterocycles. The van der Waals surface area contributed by atoms with Gasteiger partial charge in [-0.05, 0) is 54.6 Å². The molecule has 0 saturated heterocycles. The molecule has 148 valence electrons. The van der Waals surface area contributed by atoms with E-state index in [2.05, 4.69) is 10.6 Å². The van der Waals surface area contributed by atoms with E-state index in [-0.39, 0.29) is 18.1 Å². The summed E-state index contributed by atoms with van der Waals surface area (Å²) in [5.74, 6) is 0.728. The van der Waals surface area contributed by atoms with Gasteiger partial charge in [-0.3, -0.25) is 14.9 Å². The minimum absolute atomic E-state index is 0.0518. The summed E-state index contributed by atoms with van der Waals surface area (Å²) in [4.78, 5) is 22.4. The predicted octanol–water partition coefficient (Wildman–Crippen LogP) is 5.74. The molecule has 29 heavy (non-hydrogen) atoms. The smallest absolute Gasteiger partial charge is 0.269 e. The number of carbonyl (C=O) groups excluding carboxylic acids is 1. The van der Waals surface area contributed by atoms with E-state index in [4.69, 9.17) is 27.9 Å². The fraction of sp³-hybridized carbons (Fsp3) is 0.0500. The van der Waals surface area contributed by atoms with Gasteiger partial charge >= 0.3 is 0 Å². The summed E-state index contributed by atoms with van der Waals surface area (Å²) in [5.41, 5.74) is 0.932. The molecule has 1 amide bonds. The maximum atomic E-state index is 12.2. The van der Waals surface area contributed by atoms with Crippen molar-refractivity contribution in [3.8, 4) is 11.5 Å². The highest BCUT2D eigenvalue weighted by atomic mass is 35.5. The predicted molar refractivity (Wildman–Crippen MR) is 113 cm³/mol. The van der Waals surface area contributed by atoms with Crippen LogP contribution in [0.2, 0.25) is 10.0 Å². The molecule has 3 aromatic carbocycles. The van der Waals surface area contributed by atoms with E-state index >= 15 is 0 Å². The second-order valence-corrected chi connectivity index (χ2v) is 6.78. The minimum Gasteiger partial charge on any atom is -0.455 e. The fourth-order valence-electron chi connectivity index (χ4n) is 2.41. The van der Waals surface area contributed by atoms with Gasteiger partial charge in [0.25, 0.3) is 5.69 Å². The number of amides is 1. The summed E-state index contributed by atoms with van der Waals surface area (Å²) in [7, 11) is 0. The quantitative estimate of drug-likeness (QED) is 0.367. The standard InChI is InChI=1S/C20H15Cl2N3O4/c21-13-1-8-17(9-2-13)29-19-10-3-14(22)11-18(19)23-12-20(26)24-15-4-6-16(7-5-15)25(27)28/h1-11,23H,12H2,(H,24,26). The zero-order chi connectivity index (χ0) is 20.8. The lowest BCUT2D eigenvalue weighted by Gasteiger charge is -2.14. The Kier molecular flexibility index (Phi) is 6.54. The lowest BCUT2D eigenvalue weighted by atomic mass is 10.2. The van der Waals surface area contributed by atoms with Crippen LogP contribution in [0.1, 0.15) is 0 Å². The molecular formula is C20H15Cl2N3O4. The van der Waals surface area contributed by atoms with Gasteiger partial charge in [-0.25, -0.2) is 0 Å². The molecule has 2 N–H and O–H groups in total. The van der Waals surface area contributed by atoms with E-state index in [1.807, 2.05) is 0 Å². The van der Waals surface area contributed by atoms with Crippen molar-refractivity contribution in [1.82, 2.24) is 0 Å². The van der Waals surface area contributed by atoms with E-state index < -0.39 is 4.92 Å². The van der Waals surface area contributed by atoms with Crippen LogP contribution >= 0.6 is 23.2 Å². The van der Waals surface area contributed by atoms with Crippen molar-refractivity contribution in [2.45, 2.75) is 0 Å². The molecule has 0 aliphatic heterocycles. The van der Waals surface area contributed by atoms with Crippen LogP contribution in [0.25, 0.3) is 0 Å². The van der Waals surface area contributed by atoms with Gasteiger partial charge in [0.2, 0.25) is 5.91 Å². The van der Waals surface area contributed by atoms with Crippen LogP contribution in [0.3, 0.4) is 0 Å². The van der Waals surface area contributed by atoms with Gasteiger partial charge < -0.3 is 15.4 Å².